The highest BCUT2D eigenvalue weighted by atomic mass is 16.5. The fourth-order valence-corrected chi connectivity index (χ4v) is 2.11. The summed E-state index contributed by atoms with van der Waals surface area (Å²) in [5.41, 5.74) is 8.32. The molecule has 3 heteroatoms. The van der Waals surface area contributed by atoms with Crippen LogP contribution in [0.3, 0.4) is 0 Å². The Labute approximate surface area is 126 Å². The van der Waals surface area contributed by atoms with Crippen molar-refractivity contribution in [1.82, 2.24) is 0 Å². The topological polar surface area (TPSA) is 59.0 Å². The van der Waals surface area contributed by atoms with Crippen molar-refractivity contribution in [2.45, 2.75) is 32.7 Å². The Kier molecular flexibility index (Phi) is 5.36. The monoisotopic (exact) mass is 280 g/mol. The Morgan fingerprint density at radius 3 is 2.43 bits per heavy atom. The molecule has 2 aromatic rings. The lowest BCUT2D eigenvalue weighted by Gasteiger charge is -2.09. The van der Waals surface area contributed by atoms with Gasteiger partial charge < -0.3 is 10.5 Å². The van der Waals surface area contributed by atoms with Gasteiger partial charge in [0.15, 0.2) is 0 Å². The molecule has 0 heterocycles. The zero-order valence-corrected chi connectivity index (χ0v) is 12.3. The van der Waals surface area contributed by atoms with E-state index in [2.05, 4.69) is 25.1 Å². The highest BCUT2D eigenvalue weighted by Crippen LogP contribution is 2.26. The first kappa shape index (κ1) is 15.1. The number of benzene rings is 2. The van der Waals surface area contributed by atoms with E-state index in [1.807, 2.05) is 18.2 Å². The van der Waals surface area contributed by atoms with E-state index in [4.69, 9.17) is 10.5 Å². The molecule has 0 aliphatic carbocycles. The van der Waals surface area contributed by atoms with E-state index < -0.39 is 0 Å². The summed E-state index contributed by atoms with van der Waals surface area (Å²) >= 11 is 0. The van der Waals surface area contributed by atoms with Crippen LogP contribution in [0.25, 0.3) is 0 Å². The maximum Gasteiger partial charge on any atom is 0.145 e. The van der Waals surface area contributed by atoms with Crippen LogP contribution in [-0.4, -0.2) is 0 Å². The van der Waals surface area contributed by atoms with E-state index in [1.165, 1.54) is 18.4 Å². The fourth-order valence-electron chi connectivity index (χ4n) is 2.11. The van der Waals surface area contributed by atoms with Crippen LogP contribution in [0.5, 0.6) is 11.5 Å². The van der Waals surface area contributed by atoms with Crippen LogP contribution in [0.1, 0.15) is 36.5 Å². The molecule has 2 N–H and O–H groups in total. The van der Waals surface area contributed by atoms with Crippen molar-refractivity contribution in [2.24, 2.45) is 5.73 Å². The van der Waals surface area contributed by atoms with Gasteiger partial charge >= 0.3 is 0 Å². The van der Waals surface area contributed by atoms with E-state index >= 15 is 0 Å². The number of aryl methyl sites for hydroxylation is 1. The number of rotatable bonds is 6. The third kappa shape index (κ3) is 4.08. The van der Waals surface area contributed by atoms with Gasteiger partial charge in [-0.1, -0.05) is 31.5 Å². The lowest BCUT2D eigenvalue weighted by Crippen LogP contribution is -1.97. The van der Waals surface area contributed by atoms with Crippen molar-refractivity contribution in [3.63, 3.8) is 0 Å². The number of nitrogens with zero attached hydrogens (tertiary/aromatic N) is 1. The Bertz CT molecular complexity index is 627. The molecule has 0 unspecified atom stereocenters. The maximum atomic E-state index is 9.19. The van der Waals surface area contributed by atoms with E-state index in [1.54, 1.807) is 12.1 Å². The Balaban J connectivity index is 2.13. The predicted molar refractivity (Wildman–Crippen MR) is 84.2 cm³/mol. The molecule has 2 aromatic carbocycles. The Hall–Kier alpha value is -2.31. The summed E-state index contributed by atoms with van der Waals surface area (Å²) in [6.07, 6.45) is 3.47. The Morgan fingerprint density at radius 1 is 1.10 bits per heavy atom. The summed E-state index contributed by atoms with van der Waals surface area (Å²) in [5.74, 6) is 1.31. The first-order chi connectivity index (χ1) is 10.3. The number of unbranched alkanes of at least 4 members (excludes halogenated alkanes) is 1. The van der Waals surface area contributed by atoms with Crippen LogP contribution in [0.4, 0.5) is 0 Å². The van der Waals surface area contributed by atoms with Crippen LogP contribution < -0.4 is 10.5 Å². The summed E-state index contributed by atoms with van der Waals surface area (Å²) in [4.78, 5) is 0. The smallest absolute Gasteiger partial charge is 0.145 e. The molecule has 0 aliphatic heterocycles. The van der Waals surface area contributed by atoms with Crippen molar-refractivity contribution < 1.29 is 4.74 Å². The van der Waals surface area contributed by atoms with Gasteiger partial charge in [-0.2, -0.15) is 5.26 Å². The molecule has 0 radical (unpaired) electrons. The SMILES string of the molecule is CCCCc1ccc(Oc2ccc(CN)cc2C#N)cc1. The highest BCUT2D eigenvalue weighted by molar-refractivity contribution is 5.47. The number of nitrogens with two attached hydrogens (primary N) is 1. The minimum Gasteiger partial charge on any atom is -0.456 e. The van der Waals surface area contributed by atoms with Gasteiger partial charge in [0.1, 0.15) is 17.6 Å². The summed E-state index contributed by atoms with van der Waals surface area (Å²) in [7, 11) is 0. The molecule has 0 aromatic heterocycles. The number of hydrogen-bond acceptors (Lipinski definition) is 3. The average molecular weight is 280 g/mol. The molecule has 0 amide bonds. The summed E-state index contributed by atoms with van der Waals surface area (Å²) in [6.45, 7) is 2.60. The molecule has 108 valence electrons. The van der Waals surface area contributed by atoms with Crippen molar-refractivity contribution in [3.8, 4) is 17.6 Å². The molecular formula is C18H20N2O. The van der Waals surface area contributed by atoms with Gasteiger partial charge in [0.25, 0.3) is 0 Å². The van der Waals surface area contributed by atoms with E-state index in [0.29, 0.717) is 17.9 Å². The molecule has 2 rings (SSSR count). The number of nitriles is 1. The zero-order valence-electron chi connectivity index (χ0n) is 12.3. The lowest BCUT2D eigenvalue weighted by molar-refractivity contribution is 0.480. The summed E-state index contributed by atoms with van der Waals surface area (Å²) < 4.78 is 5.80. The largest absolute Gasteiger partial charge is 0.456 e. The minimum absolute atomic E-state index is 0.418. The second-order valence-corrected chi connectivity index (χ2v) is 5.00. The van der Waals surface area contributed by atoms with Crippen molar-refractivity contribution >= 4 is 0 Å². The van der Waals surface area contributed by atoms with Crippen LogP contribution in [0, 0.1) is 11.3 Å². The van der Waals surface area contributed by atoms with Crippen LogP contribution in [0.15, 0.2) is 42.5 Å². The quantitative estimate of drug-likeness (QED) is 0.864. The van der Waals surface area contributed by atoms with Crippen molar-refractivity contribution in [3.05, 3.63) is 59.2 Å². The predicted octanol–water partition coefficient (Wildman–Crippen LogP) is 4.15. The minimum atomic E-state index is 0.418. The van der Waals surface area contributed by atoms with Crippen LogP contribution in [0.2, 0.25) is 0 Å². The molecule has 0 fully saturated rings. The second-order valence-electron chi connectivity index (χ2n) is 5.00. The van der Waals surface area contributed by atoms with Gasteiger partial charge in [-0.3, -0.25) is 0 Å². The molecule has 3 nitrogen and oxygen atoms in total. The first-order valence-electron chi connectivity index (χ1n) is 7.26. The maximum absolute atomic E-state index is 9.19. The van der Waals surface area contributed by atoms with Gasteiger partial charge in [-0.05, 0) is 48.2 Å². The van der Waals surface area contributed by atoms with E-state index in [9.17, 15) is 5.26 Å². The van der Waals surface area contributed by atoms with Crippen molar-refractivity contribution in [2.75, 3.05) is 0 Å². The summed E-state index contributed by atoms with van der Waals surface area (Å²) in [6, 6.07) is 15.6. The van der Waals surface area contributed by atoms with Gasteiger partial charge in [-0.25, -0.2) is 0 Å². The zero-order chi connectivity index (χ0) is 15.1. The Morgan fingerprint density at radius 2 is 1.81 bits per heavy atom. The molecule has 0 atom stereocenters. The number of hydrogen-bond donors (Lipinski definition) is 1. The summed E-state index contributed by atoms with van der Waals surface area (Å²) in [5, 5.41) is 9.19. The molecule has 0 saturated heterocycles. The van der Waals surface area contributed by atoms with Gasteiger partial charge in [0, 0.05) is 6.54 Å². The van der Waals surface area contributed by atoms with Gasteiger partial charge in [0.2, 0.25) is 0 Å². The highest BCUT2D eigenvalue weighted by Gasteiger charge is 2.06. The van der Waals surface area contributed by atoms with Crippen LogP contribution in [-0.2, 0) is 13.0 Å². The standard InChI is InChI=1S/C18H20N2O/c1-2-3-4-14-5-8-17(9-6-14)21-18-10-7-15(12-19)11-16(18)13-20/h5-11H,2-4,12,19H2,1H3. The fraction of sp³-hybridized carbons (Fsp3) is 0.278. The normalized spacial score (nSPS) is 10.1. The molecule has 0 saturated carbocycles. The number of ether oxygens (including phenoxy) is 1. The molecule has 0 bridgehead atoms. The van der Waals surface area contributed by atoms with Crippen molar-refractivity contribution in [1.29, 1.82) is 5.26 Å². The molecule has 0 aliphatic rings. The average Bonchev–Trinajstić information content (AvgIpc) is 2.54. The van der Waals surface area contributed by atoms with E-state index in [0.717, 1.165) is 17.7 Å². The van der Waals surface area contributed by atoms with Gasteiger partial charge in [-0.15, -0.1) is 0 Å². The molecule has 21 heavy (non-hydrogen) atoms. The van der Waals surface area contributed by atoms with E-state index in [-0.39, 0.29) is 0 Å². The lowest BCUT2D eigenvalue weighted by atomic mass is 10.1. The second kappa shape index (κ2) is 7.47. The molecular weight excluding hydrogens is 260 g/mol. The third-order valence-electron chi connectivity index (χ3n) is 3.37. The third-order valence-corrected chi connectivity index (χ3v) is 3.37. The first-order valence-corrected chi connectivity index (χ1v) is 7.26. The van der Waals surface area contributed by atoms with Crippen LogP contribution >= 0.6 is 0 Å². The van der Waals surface area contributed by atoms with Gasteiger partial charge in [0.05, 0.1) is 5.56 Å². The molecule has 0 spiro atoms.